The van der Waals surface area contributed by atoms with Gasteiger partial charge in [0.2, 0.25) is 0 Å². The number of carboxylic acid groups (broad SMARTS) is 1. The molecule has 1 heterocycles. The predicted molar refractivity (Wildman–Crippen MR) is 72.0 cm³/mol. The zero-order valence-corrected chi connectivity index (χ0v) is 11.4. The van der Waals surface area contributed by atoms with Crippen molar-refractivity contribution in [3.8, 4) is 0 Å². The average Bonchev–Trinajstić information content (AvgIpc) is 2.35. The molecule has 0 saturated heterocycles. The molecule has 6 nitrogen and oxygen atoms in total. The minimum absolute atomic E-state index is 0.177. The van der Waals surface area contributed by atoms with Crippen molar-refractivity contribution in [3.63, 3.8) is 0 Å². The summed E-state index contributed by atoms with van der Waals surface area (Å²) in [5, 5.41) is 11.6. The minimum Gasteiger partial charge on any atom is -0.481 e. The number of nitrogens with one attached hydrogen (secondary N) is 1. The molecule has 19 heavy (non-hydrogen) atoms. The first-order valence-electron chi connectivity index (χ1n) is 6.14. The van der Waals surface area contributed by atoms with Gasteiger partial charge in [0, 0.05) is 19.3 Å². The number of aliphatic carboxylic acids is 1. The van der Waals surface area contributed by atoms with Crippen molar-refractivity contribution < 1.29 is 14.7 Å². The summed E-state index contributed by atoms with van der Waals surface area (Å²) in [5.74, 6) is -1.51. The van der Waals surface area contributed by atoms with E-state index in [9.17, 15) is 9.59 Å². The quantitative estimate of drug-likeness (QED) is 0.852. The van der Waals surface area contributed by atoms with Crippen LogP contribution in [-0.2, 0) is 4.79 Å². The first-order valence-corrected chi connectivity index (χ1v) is 6.14. The number of nitrogens with zero attached hydrogens (tertiary/aromatic N) is 2. The van der Waals surface area contributed by atoms with Gasteiger partial charge in [-0.15, -0.1) is 0 Å². The number of pyridine rings is 1. The summed E-state index contributed by atoms with van der Waals surface area (Å²) in [6, 6.07) is 1.49. The lowest BCUT2D eigenvalue weighted by atomic mass is 10.2. The third-order valence-corrected chi connectivity index (χ3v) is 2.71. The molecule has 2 N–H and O–H groups in total. The molecule has 0 spiro atoms. The molecule has 0 fully saturated rings. The van der Waals surface area contributed by atoms with Gasteiger partial charge in [0.05, 0.1) is 17.8 Å². The molecule has 1 rings (SSSR count). The Morgan fingerprint density at radius 2 is 2.16 bits per heavy atom. The fourth-order valence-electron chi connectivity index (χ4n) is 1.59. The van der Waals surface area contributed by atoms with Gasteiger partial charge >= 0.3 is 12.0 Å². The zero-order chi connectivity index (χ0) is 14.4. The maximum absolute atomic E-state index is 12.0. The number of carbonyl (C=O) groups excluding carboxylic acids is 1. The van der Waals surface area contributed by atoms with Crippen LogP contribution in [0.2, 0.25) is 0 Å². The number of aryl methyl sites for hydroxylation is 1. The number of rotatable bonds is 5. The van der Waals surface area contributed by atoms with E-state index in [1.807, 2.05) is 13.8 Å². The summed E-state index contributed by atoms with van der Waals surface area (Å²) >= 11 is 0. The first-order chi connectivity index (χ1) is 8.93. The van der Waals surface area contributed by atoms with E-state index in [0.717, 1.165) is 5.56 Å². The molecule has 0 aliphatic carbocycles. The smallest absolute Gasteiger partial charge is 0.321 e. The number of carboxylic acids is 1. The largest absolute Gasteiger partial charge is 0.481 e. The molecule has 0 aliphatic heterocycles. The number of urea groups is 1. The van der Waals surface area contributed by atoms with Crippen LogP contribution >= 0.6 is 0 Å². The van der Waals surface area contributed by atoms with Crippen molar-refractivity contribution in [2.24, 2.45) is 5.92 Å². The van der Waals surface area contributed by atoms with E-state index in [0.29, 0.717) is 12.2 Å². The molecule has 0 aromatic carbocycles. The third kappa shape index (κ3) is 4.57. The van der Waals surface area contributed by atoms with Gasteiger partial charge in [0.15, 0.2) is 0 Å². The van der Waals surface area contributed by atoms with Crippen LogP contribution in [0.5, 0.6) is 0 Å². The number of amides is 2. The third-order valence-electron chi connectivity index (χ3n) is 2.71. The minimum atomic E-state index is -0.913. The van der Waals surface area contributed by atoms with Crippen LogP contribution in [0.15, 0.2) is 18.5 Å². The molecule has 2 amide bonds. The topological polar surface area (TPSA) is 82.5 Å². The molecule has 0 bridgehead atoms. The van der Waals surface area contributed by atoms with Gasteiger partial charge in [-0.1, -0.05) is 6.92 Å². The molecule has 0 aliphatic rings. The first kappa shape index (κ1) is 14.9. The predicted octanol–water partition coefficient (Wildman–Crippen LogP) is 1.96. The molecular formula is C13H19N3O3. The summed E-state index contributed by atoms with van der Waals surface area (Å²) in [6.07, 6.45) is 3.25. The lowest BCUT2D eigenvalue weighted by molar-refractivity contribution is -0.141. The maximum Gasteiger partial charge on any atom is 0.321 e. The van der Waals surface area contributed by atoms with E-state index in [-0.39, 0.29) is 12.6 Å². The molecular weight excluding hydrogens is 246 g/mol. The average molecular weight is 265 g/mol. The number of anilines is 1. The standard InChI is InChI=1S/C13H19N3O3/c1-4-16(8-10(3)12(17)18)13(19)15-11-5-9(2)6-14-7-11/h5-7,10H,4,8H2,1-3H3,(H,15,19)(H,17,18). The van der Waals surface area contributed by atoms with Crippen molar-refractivity contribution in [3.05, 3.63) is 24.0 Å². The van der Waals surface area contributed by atoms with E-state index in [1.165, 1.54) is 4.90 Å². The van der Waals surface area contributed by atoms with Crippen LogP contribution in [0.4, 0.5) is 10.5 Å². The Kier molecular flexibility index (Phi) is 5.29. The molecule has 6 heteroatoms. The van der Waals surface area contributed by atoms with Crippen molar-refractivity contribution in [1.82, 2.24) is 9.88 Å². The normalized spacial score (nSPS) is 11.7. The summed E-state index contributed by atoms with van der Waals surface area (Å²) in [4.78, 5) is 28.3. The number of aromatic nitrogens is 1. The summed E-state index contributed by atoms with van der Waals surface area (Å²) in [7, 11) is 0. The Morgan fingerprint density at radius 3 is 2.68 bits per heavy atom. The molecule has 1 atom stereocenters. The van der Waals surface area contributed by atoms with Gasteiger partial charge in [-0.05, 0) is 25.5 Å². The molecule has 1 unspecified atom stereocenters. The van der Waals surface area contributed by atoms with Gasteiger partial charge in [-0.3, -0.25) is 9.78 Å². The monoisotopic (exact) mass is 265 g/mol. The SMILES string of the molecule is CCN(CC(C)C(=O)O)C(=O)Nc1cncc(C)c1. The van der Waals surface area contributed by atoms with Crippen LogP contribution in [0.1, 0.15) is 19.4 Å². The second kappa shape index (κ2) is 6.72. The fourth-order valence-corrected chi connectivity index (χ4v) is 1.59. The summed E-state index contributed by atoms with van der Waals surface area (Å²) in [5.41, 5.74) is 1.55. The highest BCUT2D eigenvalue weighted by molar-refractivity contribution is 5.89. The Labute approximate surface area is 112 Å². The number of carbonyl (C=O) groups is 2. The fraction of sp³-hybridized carbons (Fsp3) is 0.462. The van der Waals surface area contributed by atoms with Crippen LogP contribution < -0.4 is 5.32 Å². The lowest BCUT2D eigenvalue weighted by Gasteiger charge is -2.23. The second-order valence-electron chi connectivity index (χ2n) is 4.46. The van der Waals surface area contributed by atoms with Crippen LogP contribution in [0, 0.1) is 12.8 Å². The highest BCUT2D eigenvalue weighted by Gasteiger charge is 2.19. The van der Waals surface area contributed by atoms with Gasteiger partial charge < -0.3 is 15.3 Å². The molecule has 104 valence electrons. The highest BCUT2D eigenvalue weighted by atomic mass is 16.4. The molecule has 0 radical (unpaired) electrons. The Morgan fingerprint density at radius 1 is 1.47 bits per heavy atom. The van der Waals surface area contributed by atoms with E-state index in [2.05, 4.69) is 10.3 Å². The van der Waals surface area contributed by atoms with Crippen LogP contribution in [0.3, 0.4) is 0 Å². The van der Waals surface area contributed by atoms with Crippen molar-refractivity contribution in [2.75, 3.05) is 18.4 Å². The van der Waals surface area contributed by atoms with Crippen molar-refractivity contribution in [1.29, 1.82) is 0 Å². The number of hydrogen-bond acceptors (Lipinski definition) is 3. The van der Waals surface area contributed by atoms with E-state index in [1.54, 1.807) is 25.4 Å². The van der Waals surface area contributed by atoms with Gasteiger partial charge in [0.25, 0.3) is 0 Å². The zero-order valence-electron chi connectivity index (χ0n) is 11.4. The maximum atomic E-state index is 12.0. The summed E-state index contributed by atoms with van der Waals surface area (Å²) in [6.45, 7) is 5.89. The van der Waals surface area contributed by atoms with Crippen molar-refractivity contribution >= 4 is 17.7 Å². The van der Waals surface area contributed by atoms with Crippen molar-refractivity contribution in [2.45, 2.75) is 20.8 Å². The van der Waals surface area contributed by atoms with E-state index >= 15 is 0 Å². The van der Waals surface area contributed by atoms with E-state index < -0.39 is 11.9 Å². The Hall–Kier alpha value is -2.11. The molecule has 1 aromatic rings. The van der Waals surface area contributed by atoms with Gasteiger partial charge in [0.1, 0.15) is 0 Å². The van der Waals surface area contributed by atoms with Crippen LogP contribution in [0.25, 0.3) is 0 Å². The Bertz CT molecular complexity index is 462. The van der Waals surface area contributed by atoms with Gasteiger partial charge in [-0.25, -0.2) is 4.79 Å². The van der Waals surface area contributed by atoms with E-state index in [4.69, 9.17) is 5.11 Å². The lowest BCUT2D eigenvalue weighted by Crippen LogP contribution is -2.39. The highest BCUT2D eigenvalue weighted by Crippen LogP contribution is 2.09. The Balaban J connectivity index is 2.66. The van der Waals surface area contributed by atoms with Crippen LogP contribution in [-0.4, -0.2) is 40.1 Å². The summed E-state index contributed by atoms with van der Waals surface area (Å²) < 4.78 is 0. The second-order valence-corrected chi connectivity index (χ2v) is 4.46. The molecule has 1 aromatic heterocycles. The molecule has 0 saturated carbocycles. The van der Waals surface area contributed by atoms with Gasteiger partial charge in [-0.2, -0.15) is 0 Å². The number of hydrogen-bond donors (Lipinski definition) is 2.